The molecular formula is C9H8ClNOS. The monoisotopic (exact) mass is 213 g/mol. The van der Waals surface area contributed by atoms with Gasteiger partial charge in [-0.25, -0.2) is 4.98 Å². The van der Waals surface area contributed by atoms with Crippen molar-refractivity contribution >= 4 is 22.9 Å². The van der Waals surface area contributed by atoms with E-state index in [1.54, 1.807) is 17.5 Å². The maximum atomic E-state index is 5.82. The molecule has 0 aliphatic rings. The van der Waals surface area contributed by atoms with Crippen LogP contribution >= 0.6 is 22.9 Å². The zero-order chi connectivity index (χ0) is 9.26. The van der Waals surface area contributed by atoms with Crippen LogP contribution in [0.3, 0.4) is 0 Å². The zero-order valence-corrected chi connectivity index (χ0v) is 8.60. The van der Waals surface area contributed by atoms with Gasteiger partial charge < -0.3 is 4.42 Å². The predicted molar refractivity (Wildman–Crippen MR) is 54.1 cm³/mol. The molecule has 0 radical (unpaired) electrons. The van der Waals surface area contributed by atoms with Gasteiger partial charge in [0.2, 0.25) is 5.89 Å². The van der Waals surface area contributed by atoms with E-state index < -0.39 is 0 Å². The Labute approximate surface area is 85.2 Å². The molecule has 2 heterocycles. The molecule has 0 bridgehead atoms. The van der Waals surface area contributed by atoms with Crippen LogP contribution in [0.4, 0.5) is 0 Å². The number of rotatable bonds is 2. The van der Waals surface area contributed by atoms with Crippen molar-refractivity contribution in [3.8, 4) is 11.3 Å². The molecule has 2 aromatic rings. The average Bonchev–Trinajstić information content (AvgIpc) is 2.75. The van der Waals surface area contributed by atoms with Gasteiger partial charge in [-0.1, -0.05) is 0 Å². The molecule has 4 heteroatoms. The lowest BCUT2D eigenvalue weighted by atomic mass is 10.3. The molecule has 0 aromatic carbocycles. The van der Waals surface area contributed by atoms with E-state index in [0.29, 0.717) is 5.89 Å². The zero-order valence-electron chi connectivity index (χ0n) is 7.03. The number of aromatic nitrogens is 1. The van der Waals surface area contributed by atoms with Gasteiger partial charge in [0.1, 0.15) is 5.38 Å². The molecule has 0 spiro atoms. The average molecular weight is 214 g/mol. The lowest BCUT2D eigenvalue weighted by Gasteiger charge is -1.93. The Bertz CT molecular complexity index is 380. The first-order chi connectivity index (χ1) is 6.27. The van der Waals surface area contributed by atoms with Gasteiger partial charge in [-0.2, -0.15) is 11.3 Å². The van der Waals surface area contributed by atoms with E-state index in [2.05, 4.69) is 4.98 Å². The summed E-state index contributed by atoms with van der Waals surface area (Å²) < 4.78 is 5.45. The molecule has 1 atom stereocenters. The second kappa shape index (κ2) is 3.52. The summed E-state index contributed by atoms with van der Waals surface area (Å²) in [5.41, 5.74) is 1.06. The summed E-state index contributed by atoms with van der Waals surface area (Å²) in [5, 5.41) is 3.84. The SMILES string of the molecule is CC(Cl)c1ncc(-c2ccsc2)o1. The van der Waals surface area contributed by atoms with E-state index in [9.17, 15) is 0 Å². The highest BCUT2D eigenvalue weighted by Crippen LogP contribution is 2.26. The predicted octanol–water partition coefficient (Wildman–Crippen LogP) is 3.70. The minimum Gasteiger partial charge on any atom is -0.439 e. The van der Waals surface area contributed by atoms with Crippen molar-refractivity contribution in [2.24, 2.45) is 0 Å². The van der Waals surface area contributed by atoms with Crippen LogP contribution in [-0.2, 0) is 0 Å². The van der Waals surface area contributed by atoms with E-state index >= 15 is 0 Å². The van der Waals surface area contributed by atoms with Crippen LogP contribution in [-0.4, -0.2) is 4.98 Å². The van der Waals surface area contributed by atoms with Crippen LogP contribution in [0, 0.1) is 0 Å². The Morgan fingerprint density at radius 3 is 3.00 bits per heavy atom. The molecule has 0 aliphatic carbocycles. The number of hydrogen-bond donors (Lipinski definition) is 0. The molecular weight excluding hydrogens is 206 g/mol. The summed E-state index contributed by atoms with van der Waals surface area (Å²) in [4.78, 5) is 4.08. The Kier molecular flexibility index (Phi) is 2.38. The van der Waals surface area contributed by atoms with Crippen molar-refractivity contribution in [2.75, 3.05) is 0 Å². The van der Waals surface area contributed by atoms with E-state index in [0.717, 1.165) is 11.3 Å². The lowest BCUT2D eigenvalue weighted by molar-refractivity contribution is 0.508. The molecule has 0 saturated heterocycles. The van der Waals surface area contributed by atoms with Crippen molar-refractivity contribution in [3.05, 3.63) is 28.9 Å². The molecule has 2 nitrogen and oxygen atoms in total. The second-order valence-electron chi connectivity index (χ2n) is 2.69. The largest absolute Gasteiger partial charge is 0.439 e. The molecule has 0 amide bonds. The molecule has 0 N–H and O–H groups in total. The van der Waals surface area contributed by atoms with Crippen molar-refractivity contribution in [2.45, 2.75) is 12.3 Å². The van der Waals surface area contributed by atoms with Crippen molar-refractivity contribution in [1.29, 1.82) is 0 Å². The fraction of sp³-hybridized carbons (Fsp3) is 0.222. The third kappa shape index (κ3) is 1.76. The van der Waals surface area contributed by atoms with Gasteiger partial charge in [0.05, 0.1) is 6.20 Å². The molecule has 68 valence electrons. The molecule has 0 fully saturated rings. The number of nitrogens with zero attached hydrogens (tertiary/aromatic N) is 1. The van der Waals surface area contributed by atoms with Crippen LogP contribution in [0.15, 0.2) is 27.4 Å². The lowest BCUT2D eigenvalue weighted by Crippen LogP contribution is -1.80. The summed E-state index contributed by atoms with van der Waals surface area (Å²) in [6.07, 6.45) is 1.70. The van der Waals surface area contributed by atoms with Crippen molar-refractivity contribution in [3.63, 3.8) is 0 Å². The van der Waals surface area contributed by atoms with Gasteiger partial charge in [0.25, 0.3) is 0 Å². The maximum absolute atomic E-state index is 5.82. The normalized spacial score (nSPS) is 13.1. The second-order valence-corrected chi connectivity index (χ2v) is 4.13. The fourth-order valence-corrected chi connectivity index (χ4v) is 1.76. The smallest absolute Gasteiger partial charge is 0.212 e. The van der Waals surface area contributed by atoms with Crippen LogP contribution in [0.25, 0.3) is 11.3 Å². The van der Waals surface area contributed by atoms with E-state index in [4.69, 9.17) is 16.0 Å². The van der Waals surface area contributed by atoms with Gasteiger partial charge in [-0.15, -0.1) is 11.6 Å². The summed E-state index contributed by atoms with van der Waals surface area (Å²) in [6.45, 7) is 1.84. The van der Waals surface area contributed by atoms with E-state index in [1.165, 1.54) is 0 Å². The Morgan fingerprint density at radius 2 is 2.46 bits per heavy atom. The highest BCUT2D eigenvalue weighted by molar-refractivity contribution is 7.08. The summed E-state index contributed by atoms with van der Waals surface area (Å²) in [6, 6.07) is 1.99. The first kappa shape index (κ1) is 8.78. The number of halogens is 1. The third-order valence-electron chi connectivity index (χ3n) is 1.67. The molecule has 1 unspecified atom stereocenters. The van der Waals surface area contributed by atoms with Crippen molar-refractivity contribution in [1.82, 2.24) is 4.98 Å². The molecule has 0 saturated carbocycles. The first-order valence-electron chi connectivity index (χ1n) is 3.90. The highest BCUT2D eigenvalue weighted by Gasteiger charge is 2.10. The fourth-order valence-electron chi connectivity index (χ4n) is 1.01. The standard InChI is InChI=1S/C9H8ClNOS/c1-6(10)9-11-4-8(12-9)7-2-3-13-5-7/h2-6H,1H3. The van der Waals surface area contributed by atoms with Gasteiger partial charge in [0.15, 0.2) is 5.76 Å². The maximum Gasteiger partial charge on any atom is 0.212 e. The van der Waals surface area contributed by atoms with Crippen LogP contribution in [0.5, 0.6) is 0 Å². The Morgan fingerprint density at radius 1 is 1.62 bits per heavy atom. The van der Waals surface area contributed by atoms with Crippen LogP contribution in [0.2, 0.25) is 0 Å². The van der Waals surface area contributed by atoms with Crippen molar-refractivity contribution < 1.29 is 4.42 Å². The Hall–Kier alpha value is -0.800. The molecule has 0 aliphatic heterocycles. The number of oxazole rings is 1. The van der Waals surface area contributed by atoms with Gasteiger partial charge in [0, 0.05) is 10.9 Å². The topological polar surface area (TPSA) is 26.0 Å². The highest BCUT2D eigenvalue weighted by atomic mass is 35.5. The number of hydrogen-bond acceptors (Lipinski definition) is 3. The number of thiophene rings is 1. The molecule has 2 rings (SSSR count). The van der Waals surface area contributed by atoms with Gasteiger partial charge >= 0.3 is 0 Å². The Balaban J connectivity index is 2.33. The quantitative estimate of drug-likeness (QED) is 0.711. The minimum absolute atomic E-state index is 0.174. The van der Waals surface area contributed by atoms with E-state index in [-0.39, 0.29) is 5.38 Å². The first-order valence-corrected chi connectivity index (χ1v) is 5.27. The van der Waals surface area contributed by atoms with Crippen LogP contribution in [0.1, 0.15) is 18.2 Å². The molecule has 13 heavy (non-hydrogen) atoms. The summed E-state index contributed by atoms with van der Waals surface area (Å²) in [7, 11) is 0. The third-order valence-corrected chi connectivity index (χ3v) is 2.54. The van der Waals surface area contributed by atoms with E-state index in [1.807, 2.05) is 23.8 Å². The minimum atomic E-state index is -0.174. The summed E-state index contributed by atoms with van der Waals surface area (Å²) >= 11 is 7.46. The van der Waals surface area contributed by atoms with Gasteiger partial charge in [-0.3, -0.25) is 0 Å². The van der Waals surface area contributed by atoms with Gasteiger partial charge in [-0.05, 0) is 18.4 Å². The van der Waals surface area contributed by atoms with Crippen LogP contribution < -0.4 is 0 Å². The number of alkyl halides is 1. The summed E-state index contributed by atoms with van der Waals surface area (Å²) in [5.74, 6) is 1.35. The molecule has 2 aromatic heterocycles.